The van der Waals surface area contributed by atoms with Gasteiger partial charge in [-0.3, -0.25) is 0 Å². The number of hydrogen-bond donors (Lipinski definition) is 0. The summed E-state index contributed by atoms with van der Waals surface area (Å²) in [7, 11) is 8.32. The molecule has 0 bridgehead atoms. The molecule has 0 N–H and O–H groups in total. The fourth-order valence-corrected chi connectivity index (χ4v) is 7.34. The van der Waals surface area contributed by atoms with Gasteiger partial charge in [0, 0.05) is 0 Å². The third-order valence-corrected chi connectivity index (χ3v) is 9.17. The van der Waals surface area contributed by atoms with Crippen molar-refractivity contribution in [2.75, 3.05) is 33.1 Å². The first kappa shape index (κ1) is 24.1. The monoisotopic (exact) mass is 527 g/mol. The van der Waals surface area contributed by atoms with Crippen LogP contribution in [-0.4, -0.2) is 77.7 Å². The van der Waals surface area contributed by atoms with Crippen LogP contribution < -0.4 is 4.90 Å². The molecule has 2 rings (SSSR count). The van der Waals surface area contributed by atoms with E-state index in [2.05, 4.69) is 110 Å². The summed E-state index contributed by atoms with van der Waals surface area (Å²) in [4.78, 5) is 12.0. The average Bonchev–Trinajstić information content (AvgIpc) is 3.18. The van der Waals surface area contributed by atoms with Crippen LogP contribution in [0.25, 0.3) is 6.08 Å². The van der Waals surface area contributed by atoms with E-state index < -0.39 is 0 Å². The Balaban J connectivity index is 2.23. The first-order valence-electron chi connectivity index (χ1n) is 9.86. The molecule has 0 unspecified atom stereocenters. The summed E-state index contributed by atoms with van der Waals surface area (Å²) in [6, 6.07) is 0. The van der Waals surface area contributed by atoms with Crippen LogP contribution in [0.1, 0.15) is 51.7 Å². The molecule has 0 saturated carbocycles. The van der Waals surface area contributed by atoms with E-state index in [-0.39, 0.29) is 40.3 Å². The molecule has 0 aliphatic carbocycles. The zero-order valence-corrected chi connectivity index (χ0v) is 22.9. The van der Waals surface area contributed by atoms with E-state index >= 15 is 0 Å². The number of anilines is 1. The van der Waals surface area contributed by atoms with Gasteiger partial charge in [-0.05, 0) is 0 Å². The van der Waals surface area contributed by atoms with Crippen molar-refractivity contribution in [3.05, 3.63) is 38.9 Å². The van der Waals surface area contributed by atoms with E-state index in [1.54, 1.807) is 0 Å². The second-order valence-electron chi connectivity index (χ2n) is 9.62. The van der Waals surface area contributed by atoms with Crippen LogP contribution in [0.15, 0.2) is 33.8 Å². The van der Waals surface area contributed by atoms with Crippen molar-refractivity contribution >= 4 is 50.7 Å². The van der Waals surface area contributed by atoms with E-state index in [9.17, 15) is 0 Å². The van der Waals surface area contributed by atoms with E-state index in [0.717, 1.165) is 0 Å². The zero-order chi connectivity index (χ0) is 22.0. The number of rotatable bonds is 4. The predicted octanol–water partition coefficient (Wildman–Crippen LogP) is 3.79. The summed E-state index contributed by atoms with van der Waals surface area (Å²) in [5.74, 6) is 0. The molecular weight excluding hydrogens is 490 g/mol. The number of hydrogen-bond acceptors (Lipinski definition) is 2. The fourth-order valence-electron chi connectivity index (χ4n) is 2.67. The third kappa shape index (κ3) is 6.39. The minimum absolute atomic E-state index is 0.0632. The topological polar surface area (TPSA) is 31.5 Å². The molecule has 0 amide bonds. The summed E-state index contributed by atoms with van der Waals surface area (Å²) in [5, 5.41) is 0. The first-order chi connectivity index (χ1) is 13.3. The van der Waals surface area contributed by atoms with Crippen LogP contribution in [0.4, 0.5) is 4.69 Å². The van der Waals surface area contributed by atoms with Gasteiger partial charge in [0.25, 0.3) is 0 Å². The second kappa shape index (κ2) is 9.30. The maximum atomic E-state index is 4.91. The Labute approximate surface area is 189 Å². The summed E-state index contributed by atoms with van der Waals surface area (Å²) in [5.41, 5.74) is 2.56. The van der Waals surface area contributed by atoms with E-state index in [4.69, 9.17) is 9.98 Å². The van der Waals surface area contributed by atoms with Gasteiger partial charge in [0.05, 0.1) is 0 Å². The minimum atomic E-state index is 0.0632. The van der Waals surface area contributed by atoms with Crippen molar-refractivity contribution in [1.29, 1.82) is 0 Å². The Hall–Kier alpha value is -1.19. The number of nitrogens with zero attached hydrogens (tertiary/aromatic N) is 4. The van der Waals surface area contributed by atoms with Crippen molar-refractivity contribution in [2.45, 2.75) is 47.0 Å². The molecular formula is C23H35N4Se2+. The summed E-state index contributed by atoms with van der Waals surface area (Å²) in [6.45, 7) is 13.4. The SMILES string of the molecule is CN(C)c1nc(C(C)(C)C)c(/C=C/C=C/C=C2/[Se]C(=[N+](C)C)N=C2C(C)(C)C)[se]1. The molecule has 2 heterocycles. The van der Waals surface area contributed by atoms with E-state index in [0.29, 0.717) is 0 Å². The van der Waals surface area contributed by atoms with E-state index in [1.165, 1.54) is 29.7 Å². The number of aromatic nitrogens is 1. The zero-order valence-electron chi connectivity index (χ0n) is 19.5. The molecule has 0 atom stereocenters. The van der Waals surface area contributed by atoms with Gasteiger partial charge < -0.3 is 0 Å². The first-order valence-corrected chi connectivity index (χ1v) is 13.3. The molecule has 158 valence electrons. The van der Waals surface area contributed by atoms with Crippen LogP contribution in [0.5, 0.6) is 0 Å². The van der Waals surface area contributed by atoms with Gasteiger partial charge in [0.15, 0.2) is 0 Å². The molecule has 0 fully saturated rings. The van der Waals surface area contributed by atoms with Gasteiger partial charge in [0.2, 0.25) is 0 Å². The molecule has 1 aromatic heterocycles. The van der Waals surface area contributed by atoms with Gasteiger partial charge in [-0.15, -0.1) is 0 Å². The summed E-state index contributed by atoms with van der Waals surface area (Å²) >= 11 is 0.538. The van der Waals surface area contributed by atoms with Crippen molar-refractivity contribution in [2.24, 2.45) is 10.4 Å². The molecule has 4 nitrogen and oxygen atoms in total. The molecule has 1 aliphatic heterocycles. The number of aliphatic imine (C=N–C) groups is 1. The van der Waals surface area contributed by atoms with Gasteiger partial charge >= 0.3 is 190 Å². The molecule has 0 radical (unpaired) electrons. The van der Waals surface area contributed by atoms with Gasteiger partial charge in [-0.25, -0.2) is 0 Å². The molecule has 0 aromatic carbocycles. The standard InChI is InChI=1S/C23H35N4Se2/c1-22(2,3)18-16(28-20(24-18)26(7)8)14-12-11-13-15-17-19(23(4,5)6)25-21(29-17)27(9)10/h11-15H,1-10H3/q+1. The predicted molar refractivity (Wildman–Crippen MR) is 130 cm³/mol. The van der Waals surface area contributed by atoms with Gasteiger partial charge in [-0.1, -0.05) is 0 Å². The quantitative estimate of drug-likeness (QED) is 0.341. The average molecular weight is 525 g/mol. The Morgan fingerprint density at radius 1 is 0.931 bits per heavy atom. The van der Waals surface area contributed by atoms with Crippen LogP contribution in [0, 0.1) is 5.41 Å². The molecule has 29 heavy (non-hydrogen) atoms. The number of amidine groups is 1. The van der Waals surface area contributed by atoms with E-state index in [1.807, 2.05) is 0 Å². The molecule has 1 aliphatic rings. The van der Waals surface area contributed by atoms with Crippen LogP contribution in [0.3, 0.4) is 0 Å². The molecule has 0 saturated heterocycles. The van der Waals surface area contributed by atoms with Crippen molar-refractivity contribution < 1.29 is 4.58 Å². The number of allylic oxidation sites excluding steroid dienone is 5. The van der Waals surface area contributed by atoms with Crippen molar-refractivity contribution in [3.63, 3.8) is 0 Å². The Morgan fingerprint density at radius 3 is 2.10 bits per heavy atom. The molecule has 0 spiro atoms. The van der Waals surface area contributed by atoms with Crippen LogP contribution >= 0.6 is 0 Å². The van der Waals surface area contributed by atoms with Crippen LogP contribution in [0.2, 0.25) is 0 Å². The van der Waals surface area contributed by atoms with Gasteiger partial charge in [-0.2, -0.15) is 0 Å². The Kier molecular flexibility index (Phi) is 7.73. The third-order valence-electron chi connectivity index (χ3n) is 4.19. The maximum absolute atomic E-state index is 4.91. The summed E-state index contributed by atoms with van der Waals surface area (Å²) in [6.07, 6.45) is 10.9. The normalized spacial score (nSPS) is 17.1. The Bertz CT molecular complexity index is 894. The van der Waals surface area contributed by atoms with Crippen molar-refractivity contribution in [1.82, 2.24) is 4.98 Å². The second-order valence-corrected chi connectivity index (χ2v) is 13.9. The Morgan fingerprint density at radius 2 is 1.59 bits per heavy atom. The van der Waals surface area contributed by atoms with Crippen LogP contribution in [-0.2, 0) is 5.41 Å². The molecule has 6 heteroatoms. The van der Waals surface area contributed by atoms with Gasteiger partial charge in [0.1, 0.15) is 0 Å². The summed E-state index contributed by atoms with van der Waals surface area (Å²) < 4.78 is 7.27. The van der Waals surface area contributed by atoms with Crippen molar-refractivity contribution in [3.8, 4) is 0 Å². The fraction of sp³-hybridized carbons (Fsp3) is 0.522. The molecule has 1 aromatic rings.